The van der Waals surface area contributed by atoms with Crippen molar-refractivity contribution in [3.8, 4) is 0 Å². The molecule has 0 aliphatic rings. The zero-order valence-electron chi connectivity index (χ0n) is 11.6. The van der Waals surface area contributed by atoms with Crippen molar-refractivity contribution in [1.82, 2.24) is 15.6 Å². The van der Waals surface area contributed by atoms with E-state index < -0.39 is 35.9 Å². The summed E-state index contributed by atoms with van der Waals surface area (Å²) < 4.78 is 37.1. The fourth-order valence-electron chi connectivity index (χ4n) is 1.44. The maximum absolute atomic E-state index is 12.4. The molecule has 0 aliphatic heterocycles. The van der Waals surface area contributed by atoms with Crippen LogP contribution in [0.3, 0.4) is 0 Å². The van der Waals surface area contributed by atoms with Gasteiger partial charge in [-0.25, -0.2) is 0 Å². The lowest BCUT2D eigenvalue weighted by Gasteiger charge is -2.13. The predicted octanol–water partition coefficient (Wildman–Crippen LogP) is -0.379. The number of hydrogen-bond donors (Lipinski definition) is 5. The van der Waals surface area contributed by atoms with Crippen LogP contribution in [0, 0.1) is 0 Å². The molecule has 1 aromatic rings. The van der Waals surface area contributed by atoms with E-state index in [-0.39, 0.29) is 18.8 Å². The van der Waals surface area contributed by atoms with E-state index in [1.807, 2.05) is 4.98 Å². The molecule has 2 atom stereocenters. The average Bonchev–Trinajstić information content (AvgIpc) is 2.91. The summed E-state index contributed by atoms with van der Waals surface area (Å²) in [4.78, 5) is 24.5. The molecule has 0 saturated carbocycles. The molecule has 0 saturated heterocycles. The van der Waals surface area contributed by atoms with E-state index in [1.54, 1.807) is 0 Å². The highest BCUT2D eigenvalue weighted by molar-refractivity contribution is 5.92. The Morgan fingerprint density at radius 3 is 2.32 bits per heavy atom. The smallest absolute Gasteiger partial charge is 0.389 e. The van der Waals surface area contributed by atoms with E-state index in [0.717, 1.165) is 12.1 Å². The van der Waals surface area contributed by atoms with Crippen molar-refractivity contribution < 1.29 is 33.0 Å². The molecular weight excluding hydrogens is 307 g/mol. The Kier molecular flexibility index (Phi) is 5.94. The molecule has 0 fully saturated rings. The SMILES string of the molecule is CC(O)C(=O)NCC(O)CNC(=O)c1ccc(C(F)(F)F)[nH]1. The van der Waals surface area contributed by atoms with Gasteiger partial charge in [0.1, 0.15) is 17.5 Å². The van der Waals surface area contributed by atoms with Gasteiger partial charge < -0.3 is 25.8 Å². The van der Waals surface area contributed by atoms with Crippen molar-refractivity contribution in [3.05, 3.63) is 23.5 Å². The van der Waals surface area contributed by atoms with Crippen molar-refractivity contribution >= 4 is 11.8 Å². The van der Waals surface area contributed by atoms with Gasteiger partial charge in [-0.3, -0.25) is 9.59 Å². The van der Waals surface area contributed by atoms with Gasteiger partial charge in [-0.05, 0) is 19.1 Å². The van der Waals surface area contributed by atoms with Crippen LogP contribution in [-0.2, 0) is 11.0 Å². The van der Waals surface area contributed by atoms with Crippen LogP contribution in [0.2, 0.25) is 0 Å². The highest BCUT2D eigenvalue weighted by Gasteiger charge is 2.32. The first-order valence-corrected chi connectivity index (χ1v) is 6.29. The van der Waals surface area contributed by atoms with Crippen molar-refractivity contribution in [2.24, 2.45) is 0 Å². The summed E-state index contributed by atoms with van der Waals surface area (Å²) in [6, 6.07) is 1.70. The molecule has 1 rings (SSSR count). The lowest BCUT2D eigenvalue weighted by atomic mass is 10.3. The van der Waals surface area contributed by atoms with E-state index >= 15 is 0 Å². The number of aliphatic hydroxyl groups excluding tert-OH is 2. The number of aliphatic hydroxyl groups is 2. The highest BCUT2D eigenvalue weighted by atomic mass is 19.4. The number of H-pyrrole nitrogens is 1. The molecule has 0 bridgehead atoms. The Balaban J connectivity index is 2.42. The number of nitrogens with one attached hydrogen (secondary N) is 3. The first-order valence-electron chi connectivity index (χ1n) is 6.29. The molecule has 10 heteroatoms. The van der Waals surface area contributed by atoms with Gasteiger partial charge in [0.25, 0.3) is 5.91 Å². The molecule has 2 amide bonds. The van der Waals surface area contributed by atoms with Gasteiger partial charge in [0.15, 0.2) is 0 Å². The second-order valence-electron chi connectivity index (χ2n) is 4.57. The van der Waals surface area contributed by atoms with Crippen molar-refractivity contribution in [1.29, 1.82) is 0 Å². The molecule has 1 aromatic heterocycles. The number of carbonyl (C=O) groups excluding carboxylic acids is 2. The van der Waals surface area contributed by atoms with Gasteiger partial charge in [0.05, 0.1) is 6.10 Å². The third-order valence-electron chi connectivity index (χ3n) is 2.63. The Morgan fingerprint density at radius 1 is 1.23 bits per heavy atom. The van der Waals surface area contributed by atoms with Gasteiger partial charge in [-0.15, -0.1) is 0 Å². The molecule has 0 aliphatic carbocycles. The van der Waals surface area contributed by atoms with E-state index in [4.69, 9.17) is 5.11 Å². The Morgan fingerprint density at radius 2 is 1.82 bits per heavy atom. The number of rotatable bonds is 6. The fraction of sp³-hybridized carbons (Fsp3) is 0.500. The third-order valence-corrected chi connectivity index (χ3v) is 2.63. The maximum atomic E-state index is 12.4. The Labute approximate surface area is 123 Å². The molecule has 0 radical (unpaired) electrons. The molecule has 0 aromatic carbocycles. The normalized spacial score (nSPS) is 14.3. The number of halogens is 3. The van der Waals surface area contributed by atoms with Crippen LogP contribution >= 0.6 is 0 Å². The predicted molar refractivity (Wildman–Crippen MR) is 68.8 cm³/mol. The van der Waals surface area contributed by atoms with Gasteiger partial charge in [-0.1, -0.05) is 0 Å². The Bertz CT molecular complexity index is 528. The van der Waals surface area contributed by atoms with E-state index in [2.05, 4.69) is 10.6 Å². The van der Waals surface area contributed by atoms with Crippen LogP contribution in [0.5, 0.6) is 0 Å². The molecule has 22 heavy (non-hydrogen) atoms. The maximum Gasteiger partial charge on any atom is 0.431 e. The Hall–Kier alpha value is -2.07. The number of alkyl halides is 3. The average molecular weight is 323 g/mol. The topological polar surface area (TPSA) is 114 Å². The van der Waals surface area contributed by atoms with Gasteiger partial charge in [-0.2, -0.15) is 13.2 Å². The van der Waals surface area contributed by atoms with Crippen LogP contribution in [0.15, 0.2) is 12.1 Å². The summed E-state index contributed by atoms with van der Waals surface area (Å²) in [6.07, 6.45) is -6.96. The van der Waals surface area contributed by atoms with Crippen LogP contribution in [0.25, 0.3) is 0 Å². The molecule has 1 heterocycles. The monoisotopic (exact) mass is 323 g/mol. The standard InChI is InChI=1S/C12H16F3N3O4/c1-6(19)10(21)16-4-7(20)5-17-11(22)8-2-3-9(18-8)12(13,14)15/h2-3,6-7,18-20H,4-5H2,1H3,(H,16,21)(H,17,22). The minimum Gasteiger partial charge on any atom is -0.389 e. The number of carbonyl (C=O) groups is 2. The quantitative estimate of drug-likeness (QED) is 0.491. The summed E-state index contributed by atoms with van der Waals surface area (Å²) in [5, 5.41) is 22.9. The number of aromatic amines is 1. The lowest BCUT2D eigenvalue weighted by molar-refractivity contribution is -0.140. The molecule has 2 unspecified atom stereocenters. The summed E-state index contributed by atoms with van der Waals surface area (Å²) >= 11 is 0. The first kappa shape index (κ1) is 18.0. The van der Waals surface area contributed by atoms with E-state index in [1.165, 1.54) is 6.92 Å². The molecule has 0 spiro atoms. The summed E-state index contributed by atoms with van der Waals surface area (Å²) in [5.74, 6) is -1.51. The molecule has 7 nitrogen and oxygen atoms in total. The van der Waals surface area contributed by atoms with Gasteiger partial charge in [0, 0.05) is 13.1 Å². The van der Waals surface area contributed by atoms with Crippen LogP contribution in [0.4, 0.5) is 13.2 Å². The van der Waals surface area contributed by atoms with Crippen LogP contribution < -0.4 is 10.6 Å². The second-order valence-corrected chi connectivity index (χ2v) is 4.57. The fourth-order valence-corrected chi connectivity index (χ4v) is 1.44. The minimum absolute atomic E-state index is 0.220. The summed E-state index contributed by atoms with van der Waals surface area (Å²) in [5.41, 5.74) is -1.35. The van der Waals surface area contributed by atoms with Crippen LogP contribution in [-0.4, -0.2) is 52.3 Å². The largest absolute Gasteiger partial charge is 0.431 e. The summed E-state index contributed by atoms with van der Waals surface area (Å²) in [6.45, 7) is 0.745. The summed E-state index contributed by atoms with van der Waals surface area (Å²) in [7, 11) is 0. The number of amides is 2. The van der Waals surface area contributed by atoms with Gasteiger partial charge >= 0.3 is 6.18 Å². The number of hydrogen-bond acceptors (Lipinski definition) is 4. The molecule has 5 N–H and O–H groups in total. The minimum atomic E-state index is -4.58. The zero-order chi connectivity index (χ0) is 16.9. The van der Waals surface area contributed by atoms with Crippen molar-refractivity contribution in [2.75, 3.05) is 13.1 Å². The van der Waals surface area contributed by atoms with Crippen molar-refractivity contribution in [2.45, 2.75) is 25.3 Å². The van der Waals surface area contributed by atoms with E-state index in [0.29, 0.717) is 0 Å². The molecule has 124 valence electrons. The zero-order valence-corrected chi connectivity index (χ0v) is 11.6. The third kappa shape index (κ3) is 5.37. The number of aromatic nitrogens is 1. The first-order chi connectivity index (χ1) is 10.1. The van der Waals surface area contributed by atoms with Gasteiger partial charge in [0.2, 0.25) is 5.91 Å². The van der Waals surface area contributed by atoms with Crippen LogP contribution in [0.1, 0.15) is 23.1 Å². The van der Waals surface area contributed by atoms with E-state index in [9.17, 15) is 27.9 Å². The lowest BCUT2D eigenvalue weighted by Crippen LogP contribution is -2.42. The molecular formula is C12H16F3N3O4. The van der Waals surface area contributed by atoms with Crippen molar-refractivity contribution in [3.63, 3.8) is 0 Å². The second kappa shape index (κ2) is 7.27. The highest BCUT2D eigenvalue weighted by Crippen LogP contribution is 2.28.